The fraction of sp³-hybridized carbons (Fsp3) is 0.431. The van der Waals surface area contributed by atoms with Crippen molar-refractivity contribution in [3.05, 3.63) is 142 Å². The summed E-state index contributed by atoms with van der Waals surface area (Å²) in [7, 11) is 0. The second-order valence-electron chi connectivity index (χ2n) is 15.9. The van der Waals surface area contributed by atoms with Crippen molar-refractivity contribution in [2.75, 3.05) is 24.6 Å². The lowest BCUT2D eigenvalue weighted by atomic mass is 9.94. The highest BCUT2D eigenvalue weighted by atomic mass is 16.6. The highest BCUT2D eigenvalue weighted by Crippen LogP contribution is 2.32. The number of cyclic esters (lactones) is 1. The predicted molar refractivity (Wildman–Crippen MR) is 237 cm³/mol. The summed E-state index contributed by atoms with van der Waals surface area (Å²) >= 11 is 0. The lowest BCUT2D eigenvalue weighted by molar-refractivity contribution is -0.149. The normalized spacial score (nSPS) is 15.2. The Labute approximate surface area is 361 Å². The van der Waals surface area contributed by atoms with E-state index in [1.165, 1.54) is 37.8 Å². The molecule has 3 unspecified atom stereocenters. The van der Waals surface area contributed by atoms with Crippen molar-refractivity contribution < 1.29 is 43.5 Å². The predicted octanol–water partition coefficient (Wildman–Crippen LogP) is 10.3. The van der Waals surface area contributed by atoms with Crippen LogP contribution in [0.15, 0.2) is 115 Å². The largest absolute Gasteiger partial charge is 0.507 e. The number of nitrogens with zero attached hydrogens (tertiary/aromatic N) is 1. The summed E-state index contributed by atoms with van der Waals surface area (Å²) in [5.41, 5.74) is 2.53. The molecule has 61 heavy (non-hydrogen) atoms. The van der Waals surface area contributed by atoms with E-state index in [9.17, 15) is 24.6 Å². The van der Waals surface area contributed by atoms with E-state index in [0.717, 1.165) is 62.0 Å². The Morgan fingerprint density at radius 1 is 0.705 bits per heavy atom. The maximum atomic E-state index is 14.1. The summed E-state index contributed by atoms with van der Waals surface area (Å²) in [5.74, 6) is -1.60. The molecular formula is C51H63NO9. The molecule has 0 aliphatic carbocycles. The molecule has 0 amide bonds. The molecule has 10 heteroatoms. The van der Waals surface area contributed by atoms with Crippen molar-refractivity contribution in [3.63, 3.8) is 0 Å². The molecule has 2 N–H and O–H groups in total. The number of unbranched alkanes of at least 4 members (excludes halogenated alkanes) is 3. The molecule has 5 rings (SSSR count). The molecular weight excluding hydrogens is 771 g/mol. The fourth-order valence-corrected chi connectivity index (χ4v) is 7.62. The summed E-state index contributed by atoms with van der Waals surface area (Å²) in [6.45, 7) is 10.2. The first kappa shape index (κ1) is 46.5. The topological polar surface area (TPSA) is 132 Å². The number of hydrogen-bond donors (Lipinski definition) is 2. The van der Waals surface area contributed by atoms with Crippen molar-refractivity contribution in [1.82, 2.24) is 0 Å². The second-order valence-corrected chi connectivity index (χ2v) is 15.9. The quantitative estimate of drug-likeness (QED) is 0.0358. The van der Waals surface area contributed by atoms with Crippen molar-refractivity contribution in [2.24, 2.45) is 11.8 Å². The van der Waals surface area contributed by atoms with E-state index < -0.39 is 36.5 Å². The molecule has 0 radical (unpaired) electrons. The second kappa shape index (κ2) is 24.0. The van der Waals surface area contributed by atoms with E-state index >= 15 is 0 Å². The molecule has 1 aliphatic heterocycles. The van der Waals surface area contributed by atoms with Crippen LogP contribution in [0.5, 0.6) is 5.75 Å². The molecule has 4 atom stereocenters. The van der Waals surface area contributed by atoms with Gasteiger partial charge in [-0.15, -0.1) is 0 Å². The van der Waals surface area contributed by atoms with Gasteiger partial charge >= 0.3 is 11.9 Å². The lowest BCUT2D eigenvalue weighted by Gasteiger charge is -2.33. The fourth-order valence-electron chi connectivity index (χ4n) is 7.62. The Morgan fingerprint density at radius 2 is 1.28 bits per heavy atom. The lowest BCUT2D eigenvalue weighted by Crippen LogP contribution is -2.34. The van der Waals surface area contributed by atoms with Gasteiger partial charge in [0, 0.05) is 30.4 Å². The molecule has 1 heterocycles. The molecule has 10 nitrogen and oxygen atoms in total. The summed E-state index contributed by atoms with van der Waals surface area (Å²) in [6, 6.07) is 29.9. The summed E-state index contributed by atoms with van der Waals surface area (Å²) < 4.78 is 23.0. The highest BCUT2D eigenvalue weighted by Gasteiger charge is 2.43. The monoisotopic (exact) mass is 833 g/mol. The number of aliphatic hydroxyl groups is 1. The molecule has 4 aromatic carbocycles. The number of anilines is 1. The number of aromatic hydroxyl groups is 1. The van der Waals surface area contributed by atoms with Crippen molar-refractivity contribution in [3.8, 4) is 5.75 Å². The van der Waals surface area contributed by atoms with Crippen LogP contribution in [-0.4, -0.2) is 59.8 Å². The molecule has 0 saturated heterocycles. The molecule has 1 aliphatic rings. The number of ether oxygens (including phenoxy) is 4. The molecule has 0 fully saturated rings. The Balaban J connectivity index is 1.31. The van der Waals surface area contributed by atoms with Gasteiger partial charge in [-0.1, -0.05) is 152 Å². The maximum Gasteiger partial charge on any atom is 0.378 e. The van der Waals surface area contributed by atoms with Crippen LogP contribution in [0, 0.1) is 11.8 Å². The number of phenols is 1. The minimum Gasteiger partial charge on any atom is -0.507 e. The van der Waals surface area contributed by atoms with Crippen LogP contribution in [-0.2, 0) is 37.0 Å². The molecule has 4 aromatic rings. The number of rotatable bonds is 26. The van der Waals surface area contributed by atoms with Gasteiger partial charge in [0.15, 0.2) is 17.6 Å². The number of phenolic OH excluding ortho intramolecular Hbond substituents is 1. The molecule has 0 spiro atoms. The van der Waals surface area contributed by atoms with Crippen LogP contribution in [0.1, 0.15) is 123 Å². The van der Waals surface area contributed by atoms with Gasteiger partial charge in [0.2, 0.25) is 5.76 Å². The summed E-state index contributed by atoms with van der Waals surface area (Å²) in [5, 5.41) is 22.7. The van der Waals surface area contributed by atoms with Crippen LogP contribution < -0.4 is 4.90 Å². The molecule has 0 bridgehead atoms. The first-order valence-corrected chi connectivity index (χ1v) is 22.0. The van der Waals surface area contributed by atoms with Gasteiger partial charge < -0.3 is 34.1 Å². The van der Waals surface area contributed by atoms with E-state index in [-0.39, 0.29) is 47.2 Å². The minimum atomic E-state index is -1.54. The summed E-state index contributed by atoms with van der Waals surface area (Å²) in [4.78, 5) is 43.2. The number of carbonyl (C=O) groups is 3. The molecule has 0 saturated carbocycles. The number of esters is 2. The maximum absolute atomic E-state index is 14.1. The third-order valence-electron chi connectivity index (χ3n) is 11.4. The average molecular weight is 834 g/mol. The number of carbonyl (C=O) groups excluding carboxylic acids is 3. The zero-order chi connectivity index (χ0) is 43.6. The van der Waals surface area contributed by atoms with E-state index in [1.807, 2.05) is 66.7 Å². The van der Waals surface area contributed by atoms with Crippen LogP contribution in [0.2, 0.25) is 0 Å². The Kier molecular flexibility index (Phi) is 18.3. The first-order valence-electron chi connectivity index (χ1n) is 22.0. The van der Waals surface area contributed by atoms with Gasteiger partial charge in [0.25, 0.3) is 0 Å². The number of aliphatic hydroxyl groups excluding tert-OH is 1. The van der Waals surface area contributed by atoms with Crippen molar-refractivity contribution >= 4 is 23.4 Å². The number of benzene rings is 4. The van der Waals surface area contributed by atoms with Crippen LogP contribution >= 0.6 is 0 Å². The Morgan fingerprint density at radius 3 is 1.87 bits per heavy atom. The van der Waals surface area contributed by atoms with E-state index in [0.29, 0.717) is 11.8 Å². The smallest absolute Gasteiger partial charge is 0.378 e. The van der Waals surface area contributed by atoms with Gasteiger partial charge in [0.1, 0.15) is 31.7 Å². The highest BCUT2D eigenvalue weighted by molar-refractivity contribution is 6.15. The first-order chi connectivity index (χ1) is 29.7. The number of hydrogen-bond acceptors (Lipinski definition) is 10. The Hall–Kier alpha value is -5.61. The van der Waals surface area contributed by atoms with Gasteiger partial charge in [-0.05, 0) is 54.0 Å². The zero-order valence-corrected chi connectivity index (χ0v) is 36.2. The van der Waals surface area contributed by atoms with E-state index in [1.54, 1.807) is 24.3 Å². The minimum absolute atomic E-state index is 0.0192. The average Bonchev–Trinajstić information content (AvgIpc) is 3.61. The van der Waals surface area contributed by atoms with Crippen LogP contribution in [0.4, 0.5) is 5.69 Å². The van der Waals surface area contributed by atoms with E-state index in [4.69, 9.17) is 18.9 Å². The number of ketones is 1. The van der Waals surface area contributed by atoms with Crippen molar-refractivity contribution in [1.29, 1.82) is 0 Å². The third-order valence-corrected chi connectivity index (χ3v) is 11.4. The molecule has 0 aromatic heterocycles. The van der Waals surface area contributed by atoms with Gasteiger partial charge in [-0.2, -0.15) is 0 Å². The van der Waals surface area contributed by atoms with Crippen molar-refractivity contribution in [2.45, 2.75) is 111 Å². The summed E-state index contributed by atoms with van der Waals surface area (Å²) in [6.07, 6.45) is 7.43. The molecule has 326 valence electrons. The van der Waals surface area contributed by atoms with Crippen LogP contribution in [0.3, 0.4) is 0 Å². The third kappa shape index (κ3) is 13.2. The van der Waals surface area contributed by atoms with Gasteiger partial charge in [-0.3, -0.25) is 4.79 Å². The van der Waals surface area contributed by atoms with Gasteiger partial charge in [-0.25, -0.2) is 9.59 Å². The van der Waals surface area contributed by atoms with E-state index in [2.05, 4.69) is 32.6 Å². The van der Waals surface area contributed by atoms with Gasteiger partial charge in [0.05, 0.1) is 11.1 Å². The SMILES string of the molecule is CCCCCC(CC)CN(CC(CC)CCCC)c1ccc(C(=O)c2ccccc2C(=O)OC[C@H](O)C2OC(=O)C(OCc3ccccc3)=C2OCc2ccccc2)c(O)c1. The zero-order valence-electron chi connectivity index (χ0n) is 36.2. The van der Waals surface area contributed by atoms with Crippen LogP contribution in [0.25, 0.3) is 0 Å². The standard InChI is InChI=1S/C51H63NO9/c1-5-9-13-21-37(8-4)32-52(31-36(7-3)20-10-6-2)40-28-29-43(44(53)30-40)46(55)41-26-18-19-27-42(41)50(56)60-35-45(54)47-48(58-33-38-22-14-11-15-23-38)49(51(57)61-47)59-34-39-24-16-12-17-25-39/h11-12,14-19,22-30,36-37,45,47,53-54H,5-10,13,20-21,31-35H2,1-4H3/t36?,37?,45-,47?/m0/s1. The Bertz CT molecular complexity index is 2030.